The van der Waals surface area contributed by atoms with E-state index in [9.17, 15) is 4.79 Å². The number of rotatable bonds is 7. The Morgan fingerprint density at radius 2 is 1.83 bits per heavy atom. The fourth-order valence-corrected chi connectivity index (χ4v) is 4.94. The molecule has 1 aliphatic heterocycles. The van der Waals surface area contributed by atoms with Crippen LogP contribution in [0, 0.1) is 29.1 Å². The highest BCUT2D eigenvalue weighted by molar-refractivity contribution is 5.78. The third-order valence-corrected chi connectivity index (χ3v) is 6.12. The summed E-state index contributed by atoms with van der Waals surface area (Å²) in [5, 5.41) is 3.25. The molecule has 2 aliphatic carbocycles. The summed E-state index contributed by atoms with van der Waals surface area (Å²) < 4.78 is 5.32. The van der Waals surface area contributed by atoms with E-state index in [4.69, 9.17) is 4.74 Å². The van der Waals surface area contributed by atoms with Crippen LogP contribution in [0.4, 0.5) is 0 Å². The molecule has 2 unspecified atom stereocenters. The summed E-state index contributed by atoms with van der Waals surface area (Å²) in [5.74, 6) is 3.01. The van der Waals surface area contributed by atoms with E-state index in [-0.39, 0.29) is 5.41 Å². The van der Waals surface area contributed by atoms with Gasteiger partial charge in [0.25, 0.3) is 0 Å². The molecule has 3 fully saturated rings. The molecule has 0 radical (unpaired) electrons. The van der Waals surface area contributed by atoms with Crippen LogP contribution in [0.2, 0.25) is 0 Å². The Balaban J connectivity index is 1.35. The number of ether oxygens (including phenoxy) is 1. The largest absolute Gasteiger partial charge is 0.384 e. The third-order valence-electron chi connectivity index (χ3n) is 6.12. The van der Waals surface area contributed by atoms with E-state index in [1.54, 1.807) is 7.11 Å². The summed E-state index contributed by atoms with van der Waals surface area (Å²) in [6, 6.07) is 0. The minimum atomic E-state index is 0.232. The number of nitrogens with zero attached hydrogens (tertiary/aromatic N) is 1. The molecule has 0 spiro atoms. The average molecular weight is 322 g/mol. The van der Waals surface area contributed by atoms with Crippen LogP contribution in [-0.4, -0.2) is 50.7 Å². The fourth-order valence-electron chi connectivity index (χ4n) is 4.94. The maximum Gasteiger partial charge on any atom is 0.223 e. The van der Waals surface area contributed by atoms with Crippen molar-refractivity contribution in [1.29, 1.82) is 0 Å². The zero-order valence-electron chi connectivity index (χ0n) is 15.1. The summed E-state index contributed by atoms with van der Waals surface area (Å²) in [6.07, 6.45) is 5.99. The molecule has 1 saturated heterocycles. The molecule has 2 saturated carbocycles. The number of hydrogen-bond acceptors (Lipinski definition) is 3. The van der Waals surface area contributed by atoms with Gasteiger partial charge in [0, 0.05) is 44.6 Å². The van der Waals surface area contributed by atoms with E-state index in [1.165, 1.54) is 32.4 Å². The van der Waals surface area contributed by atoms with Gasteiger partial charge in [-0.15, -0.1) is 0 Å². The molecule has 2 atom stereocenters. The minimum Gasteiger partial charge on any atom is -0.384 e. The summed E-state index contributed by atoms with van der Waals surface area (Å²) in [4.78, 5) is 14.8. The first-order valence-electron chi connectivity index (χ1n) is 9.49. The molecule has 1 heterocycles. The molecular formula is C19H34N2O2. The highest BCUT2D eigenvalue weighted by atomic mass is 16.5. The van der Waals surface area contributed by atoms with Gasteiger partial charge in [-0.05, 0) is 30.6 Å². The molecule has 132 valence electrons. The molecule has 0 aromatic rings. The number of hydrogen-bond donors (Lipinski definition) is 1. The number of nitrogens with one attached hydrogen (secondary N) is 1. The van der Waals surface area contributed by atoms with Crippen molar-refractivity contribution in [2.24, 2.45) is 29.1 Å². The monoisotopic (exact) mass is 322 g/mol. The Kier molecular flexibility index (Phi) is 5.32. The van der Waals surface area contributed by atoms with Gasteiger partial charge in [-0.3, -0.25) is 4.79 Å². The molecule has 0 aromatic heterocycles. The van der Waals surface area contributed by atoms with Crippen LogP contribution < -0.4 is 5.32 Å². The SMILES string of the molecule is COCC(C)(C)CN1CC2C(CNC(=O)C3CCCCC3)C2C1. The van der Waals surface area contributed by atoms with Crippen LogP contribution >= 0.6 is 0 Å². The minimum absolute atomic E-state index is 0.232. The Morgan fingerprint density at radius 3 is 2.43 bits per heavy atom. The number of carbonyl (C=O) groups is 1. The van der Waals surface area contributed by atoms with E-state index < -0.39 is 0 Å². The lowest BCUT2D eigenvalue weighted by molar-refractivity contribution is -0.126. The van der Waals surface area contributed by atoms with Crippen LogP contribution in [0.3, 0.4) is 0 Å². The van der Waals surface area contributed by atoms with Crippen LogP contribution in [0.15, 0.2) is 0 Å². The first-order valence-corrected chi connectivity index (χ1v) is 9.49. The first kappa shape index (κ1) is 17.2. The molecule has 23 heavy (non-hydrogen) atoms. The lowest BCUT2D eigenvalue weighted by Crippen LogP contribution is -2.38. The second kappa shape index (κ2) is 7.10. The Labute approximate surface area is 141 Å². The number of fused-ring (bicyclic) bond motifs is 1. The number of carbonyl (C=O) groups excluding carboxylic acids is 1. The molecule has 3 aliphatic rings. The van der Waals surface area contributed by atoms with Crippen molar-refractivity contribution in [2.75, 3.05) is 39.9 Å². The molecule has 4 heteroatoms. The van der Waals surface area contributed by atoms with Gasteiger partial charge in [-0.1, -0.05) is 33.1 Å². The summed E-state index contributed by atoms with van der Waals surface area (Å²) >= 11 is 0. The molecule has 0 bridgehead atoms. The molecule has 0 aromatic carbocycles. The van der Waals surface area contributed by atoms with Gasteiger partial charge < -0.3 is 15.0 Å². The van der Waals surface area contributed by atoms with E-state index in [1.807, 2.05) is 0 Å². The third kappa shape index (κ3) is 4.27. The predicted octanol–water partition coefficient (Wildman–Crippen LogP) is 2.53. The van der Waals surface area contributed by atoms with Crippen molar-refractivity contribution in [3.63, 3.8) is 0 Å². The highest BCUT2D eigenvalue weighted by Gasteiger charge is 2.55. The summed E-state index contributed by atoms with van der Waals surface area (Å²) in [6.45, 7) is 9.84. The van der Waals surface area contributed by atoms with Crippen LogP contribution in [0.25, 0.3) is 0 Å². The Bertz CT molecular complexity index is 406. The van der Waals surface area contributed by atoms with Gasteiger partial charge in [0.1, 0.15) is 0 Å². The molecule has 1 N–H and O–H groups in total. The van der Waals surface area contributed by atoms with Crippen molar-refractivity contribution < 1.29 is 9.53 Å². The average Bonchev–Trinajstić information content (AvgIpc) is 2.97. The fraction of sp³-hybridized carbons (Fsp3) is 0.947. The molecule has 1 amide bonds. The zero-order valence-corrected chi connectivity index (χ0v) is 15.1. The first-order chi connectivity index (χ1) is 11.0. The summed E-state index contributed by atoms with van der Waals surface area (Å²) in [7, 11) is 1.79. The lowest BCUT2D eigenvalue weighted by Gasteiger charge is -2.31. The van der Waals surface area contributed by atoms with Crippen LogP contribution in [0.1, 0.15) is 46.0 Å². The number of piperidine rings is 1. The van der Waals surface area contributed by atoms with Gasteiger partial charge in [-0.25, -0.2) is 0 Å². The molecule has 3 rings (SSSR count). The second-order valence-electron chi connectivity index (χ2n) is 8.86. The highest BCUT2D eigenvalue weighted by Crippen LogP contribution is 2.51. The van der Waals surface area contributed by atoms with E-state index in [0.717, 1.165) is 50.3 Å². The lowest BCUT2D eigenvalue weighted by atomic mass is 9.88. The van der Waals surface area contributed by atoms with Crippen LogP contribution in [0.5, 0.6) is 0 Å². The van der Waals surface area contributed by atoms with Crippen molar-refractivity contribution in [3.05, 3.63) is 0 Å². The smallest absolute Gasteiger partial charge is 0.223 e. The van der Waals surface area contributed by atoms with Crippen molar-refractivity contribution >= 4 is 5.91 Å². The van der Waals surface area contributed by atoms with Gasteiger partial charge >= 0.3 is 0 Å². The second-order valence-corrected chi connectivity index (χ2v) is 8.86. The number of amides is 1. The predicted molar refractivity (Wildman–Crippen MR) is 92.2 cm³/mol. The molecular weight excluding hydrogens is 288 g/mol. The van der Waals surface area contributed by atoms with Crippen LogP contribution in [-0.2, 0) is 9.53 Å². The van der Waals surface area contributed by atoms with Crippen molar-refractivity contribution in [2.45, 2.75) is 46.0 Å². The quantitative estimate of drug-likeness (QED) is 0.783. The van der Waals surface area contributed by atoms with Gasteiger partial charge in [-0.2, -0.15) is 0 Å². The van der Waals surface area contributed by atoms with Gasteiger partial charge in [0.2, 0.25) is 5.91 Å². The Hall–Kier alpha value is -0.610. The van der Waals surface area contributed by atoms with E-state index in [2.05, 4.69) is 24.1 Å². The maximum atomic E-state index is 12.2. The zero-order chi connectivity index (χ0) is 16.4. The standard InChI is InChI=1S/C19H34N2O2/c1-19(2,13-23-3)12-21-10-16-15(17(16)11-21)9-20-18(22)14-7-5-4-6-8-14/h14-17H,4-13H2,1-3H3,(H,20,22). The van der Waals surface area contributed by atoms with Crippen molar-refractivity contribution in [1.82, 2.24) is 10.2 Å². The summed E-state index contributed by atoms with van der Waals surface area (Å²) in [5.41, 5.74) is 0.232. The van der Waals surface area contributed by atoms with Crippen molar-refractivity contribution in [3.8, 4) is 0 Å². The number of likely N-dealkylation sites (tertiary alicyclic amines) is 1. The molecule has 4 nitrogen and oxygen atoms in total. The van der Waals surface area contributed by atoms with Gasteiger partial charge in [0.15, 0.2) is 0 Å². The topological polar surface area (TPSA) is 41.6 Å². The van der Waals surface area contributed by atoms with E-state index in [0.29, 0.717) is 11.8 Å². The normalized spacial score (nSPS) is 31.9. The Morgan fingerprint density at radius 1 is 1.17 bits per heavy atom. The van der Waals surface area contributed by atoms with Gasteiger partial charge in [0.05, 0.1) is 6.61 Å². The maximum absolute atomic E-state index is 12.2. The van der Waals surface area contributed by atoms with E-state index >= 15 is 0 Å². The number of methoxy groups -OCH3 is 1.